The largest absolute Gasteiger partial charge is 0.497 e. The summed E-state index contributed by atoms with van der Waals surface area (Å²) in [5.74, 6) is -0.190. The Morgan fingerprint density at radius 1 is 1.02 bits per heavy atom. The molecule has 3 N–H and O–H groups in total. The van der Waals surface area contributed by atoms with E-state index in [4.69, 9.17) is 4.74 Å². The summed E-state index contributed by atoms with van der Waals surface area (Å²) in [7, 11) is 1.61. The predicted octanol–water partition coefficient (Wildman–Crippen LogP) is 4.10. The number of methoxy groups -OCH3 is 1. The minimum atomic E-state index is -0.757. The first-order valence-corrected chi connectivity index (χ1v) is 13.6. The van der Waals surface area contributed by atoms with Gasteiger partial charge < -0.3 is 25.3 Å². The number of aromatic nitrogens is 1. The lowest BCUT2D eigenvalue weighted by molar-refractivity contribution is -0.133. The second-order valence-corrected chi connectivity index (χ2v) is 10.8. The SMILES string of the molecule is COc1ccc(CNC(=O)[C@@H](NC(=O)[C@@H]2Cc3c([nH]c4ccccc34)C3c4ccccc4C(=O)N32)C(C)C)cc1. The Morgan fingerprint density at radius 2 is 1.75 bits per heavy atom. The maximum Gasteiger partial charge on any atom is 0.255 e. The number of benzene rings is 3. The van der Waals surface area contributed by atoms with Crippen molar-refractivity contribution < 1.29 is 19.1 Å². The molecular formula is C32H32N4O4. The summed E-state index contributed by atoms with van der Waals surface area (Å²) in [6, 6.07) is 21.1. The number of amides is 3. The second-order valence-electron chi connectivity index (χ2n) is 10.8. The number of nitrogens with zero attached hydrogens (tertiary/aromatic N) is 1. The van der Waals surface area contributed by atoms with Gasteiger partial charge in [-0.25, -0.2) is 0 Å². The Kier molecular flexibility index (Phi) is 6.54. The zero-order chi connectivity index (χ0) is 28.0. The molecular weight excluding hydrogens is 504 g/mol. The molecule has 4 aromatic rings. The van der Waals surface area contributed by atoms with Gasteiger partial charge in [0.1, 0.15) is 17.8 Å². The third kappa shape index (κ3) is 4.29. The highest BCUT2D eigenvalue weighted by Crippen LogP contribution is 2.46. The highest BCUT2D eigenvalue weighted by Gasteiger charge is 2.49. The molecule has 0 fully saturated rings. The molecule has 0 aliphatic carbocycles. The van der Waals surface area contributed by atoms with Crippen molar-refractivity contribution in [1.82, 2.24) is 20.5 Å². The number of fused-ring (bicyclic) bond motifs is 7. The average molecular weight is 537 g/mol. The van der Waals surface area contributed by atoms with Crippen LogP contribution in [0.4, 0.5) is 0 Å². The molecule has 0 bridgehead atoms. The van der Waals surface area contributed by atoms with Crippen molar-refractivity contribution in [2.75, 3.05) is 7.11 Å². The van der Waals surface area contributed by atoms with Crippen molar-refractivity contribution in [2.45, 2.75) is 44.9 Å². The van der Waals surface area contributed by atoms with Crippen molar-refractivity contribution in [1.29, 1.82) is 0 Å². The van der Waals surface area contributed by atoms with Gasteiger partial charge in [0.2, 0.25) is 11.8 Å². The average Bonchev–Trinajstić information content (AvgIpc) is 3.49. The van der Waals surface area contributed by atoms with E-state index in [0.29, 0.717) is 18.5 Å². The van der Waals surface area contributed by atoms with Crippen LogP contribution in [0.15, 0.2) is 72.8 Å². The Labute approximate surface area is 232 Å². The molecule has 1 unspecified atom stereocenters. The van der Waals surface area contributed by atoms with Gasteiger partial charge in [-0.1, -0.05) is 62.4 Å². The minimum absolute atomic E-state index is 0.158. The normalized spacial score (nSPS) is 18.2. The summed E-state index contributed by atoms with van der Waals surface area (Å²) in [6.07, 6.45) is 0.361. The van der Waals surface area contributed by atoms with Gasteiger partial charge in [0.05, 0.1) is 13.2 Å². The summed E-state index contributed by atoms with van der Waals surface area (Å²) in [5, 5.41) is 6.99. The molecule has 204 valence electrons. The lowest BCUT2D eigenvalue weighted by atomic mass is 9.89. The van der Waals surface area contributed by atoms with E-state index in [1.807, 2.05) is 86.6 Å². The summed E-state index contributed by atoms with van der Waals surface area (Å²) in [6.45, 7) is 4.12. The number of para-hydroxylation sites is 1. The molecule has 0 saturated heterocycles. The first-order chi connectivity index (χ1) is 19.4. The standard InChI is InChI=1S/C32H32N4O4/c1-18(2)27(31(38)33-17-19-12-14-20(40-3)15-13-19)35-30(37)26-16-24-21-8-6-7-11-25(21)34-28(24)29-22-9-4-5-10-23(22)32(39)36(26)29/h4-15,18,26-27,29,34H,16-17H2,1-3H3,(H,33,38)(H,35,37)/t26-,27-,29?/m0/s1. The Balaban J connectivity index is 1.28. The molecule has 3 amide bonds. The minimum Gasteiger partial charge on any atom is -0.497 e. The van der Waals surface area contributed by atoms with Gasteiger partial charge in [-0.15, -0.1) is 0 Å². The molecule has 3 heterocycles. The molecule has 40 heavy (non-hydrogen) atoms. The van der Waals surface area contributed by atoms with Gasteiger partial charge in [-0.2, -0.15) is 0 Å². The Hall–Kier alpha value is -4.59. The smallest absolute Gasteiger partial charge is 0.255 e. The molecule has 0 spiro atoms. The predicted molar refractivity (Wildman–Crippen MR) is 152 cm³/mol. The molecule has 8 heteroatoms. The number of nitrogens with one attached hydrogen (secondary N) is 3. The van der Waals surface area contributed by atoms with E-state index in [-0.39, 0.29) is 23.6 Å². The number of hydrogen-bond acceptors (Lipinski definition) is 4. The van der Waals surface area contributed by atoms with Gasteiger partial charge in [-0.05, 0) is 46.9 Å². The number of aromatic amines is 1. The van der Waals surface area contributed by atoms with Gasteiger partial charge >= 0.3 is 0 Å². The monoisotopic (exact) mass is 536 g/mol. The Morgan fingerprint density at radius 3 is 2.50 bits per heavy atom. The van der Waals surface area contributed by atoms with Crippen LogP contribution >= 0.6 is 0 Å². The summed E-state index contributed by atoms with van der Waals surface area (Å²) >= 11 is 0. The fraction of sp³-hybridized carbons (Fsp3) is 0.281. The van der Waals surface area contributed by atoms with E-state index in [2.05, 4.69) is 15.6 Å². The molecule has 3 atom stereocenters. The van der Waals surface area contributed by atoms with Gasteiger partial charge in [0, 0.05) is 35.1 Å². The highest BCUT2D eigenvalue weighted by molar-refractivity contribution is 6.04. The van der Waals surface area contributed by atoms with Crippen LogP contribution in [0.3, 0.4) is 0 Å². The van der Waals surface area contributed by atoms with Crippen LogP contribution < -0.4 is 15.4 Å². The van der Waals surface area contributed by atoms with Gasteiger partial charge in [0.25, 0.3) is 5.91 Å². The maximum atomic E-state index is 14.0. The molecule has 8 nitrogen and oxygen atoms in total. The fourth-order valence-corrected chi connectivity index (χ4v) is 5.96. The molecule has 0 radical (unpaired) electrons. The first-order valence-electron chi connectivity index (χ1n) is 13.6. The van der Waals surface area contributed by atoms with E-state index in [1.165, 1.54) is 0 Å². The third-order valence-electron chi connectivity index (χ3n) is 8.03. The van der Waals surface area contributed by atoms with Crippen molar-refractivity contribution in [3.05, 3.63) is 101 Å². The van der Waals surface area contributed by atoms with E-state index in [0.717, 1.165) is 39.0 Å². The molecule has 0 saturated carbocycles. The van der Waals surface area contributed by atoms with E-state index < -0.39 is 18.1 Å². The fourth-order valence-electron chi connectivity index (χ4n) is 5.96. The molecule has 1 aromatic heterocycles. The van der Waals surface area contributed by atoms with Crippen molar-refractivity contribution in [3.63, 3.8) is 0 Å². The molecule has 2 aliphatic heterocycles. The zero-order valence-corrected chi connectivity index (χ0v) is 22.7. The van der Waals surface area contributed by atoms with Crippen LogP contribution in [-0.2, 0) is 22.6 Å². The van der Waals surface area contributed by atoms with Crippen LogP contribution in [-0.4, -0.2) is 46.8 Å². The lowest BCUT2D eigenvalue weighted by Gasteiger charge is -2.38. The van der Waals surface area contributed by atoms with E-state index in [1.54, 1.807) is 12.0 Å². The van der Waals surface area contributed by atoms with Crippen LogP contribution in [0.1, 0.15) is 52.6 Å². The number of hydrogen-bond donors (Lipinski definition) is 3. The van der Waals surface area contributed by atoms with Crippen molar-refractivity contribution >= 4 is 28.6 Å². The van der Waals surface area contributed by atoms with Crippen LogP contribution in [0.2, 0.25) is 0 Å². The molecule has 6 rings (SSSR count). The number of ether oxygens (including phenoxy) is 1. The molecule has 3 aromatic carbocycles. The third-order valence-corrected chi connectivity index (χ3v) is 8.03. The maximum absolute atomic E-state index is 14.0. The van der Waals surface area contributed by atoms with Crippen LogP contribution in [0.5, 0.6) is 5.75 Å². The zero-order valence-electron chi connectivity index (χ0n) is 22.7. The first kappa shape index (κ1) is 25.7. The number of H-pyrrole nitrogens is 1. The van der Waals surface area contributed by atoms with Gasteiger partial charge in [-0.3, -0.25) is 14.4 Å². The number of carbonyl (C=O) groups excluding carboxylic acids is 3. The van der Waals surface area contributed by atoms with Crippen LogP contribution in [0.25, 0.3) is 10.9 Å². The van der Waals surface area contributed by atoms with E-state index >= 15 is 0 Å². The highest BCUT2D eigenvalue weighted by atomic mass is 16.5. The quantitative estimate of drug-likeness (QED) is 0.331. The van der Waals surface area contributed by atoms with Crippen LogP contribution in [0, 0.1) is 5.92 Å². The second kappa shape index (κ2) is 10.2. The number of rotatable bonds is 7. The summed E-state index contributed by atoms with van der Waals surface area (Å²) in [5.41, 5.74) is 5.37. The van der Waals surface area contributed by atoms with Crippen molar-refractivity contribution in [3.8, 4) is 5.75 Å². The summed E-state index contributed by atoms with van der Waals surface area (Å²) in [4.78, 5) is 46.1. The molecule has 2 aliphatic rings. The lowest BCUT2D eigenvalue weighted by Crippen LogP contribution is -2.57. The summed E-state index contributed by atoms with van der Waals surface area (Å²) < 4.78 is 5.20. The number of carbonyl (C=O) groups is 3. The van der Waals surface area contributed by atoms with E-state index in [9.17, 15) is 14.4 Å². The Bertz CT molecular complexity index is 1610. The van der Waals surface area contributed by atoms with Gasteiger partial charge in [0.15, 0.2) is 0 Å². The topological polar surface area (TPSA) is 104 Å². The van der Waals surface area contributed by atoms with Crippen molar-refractivity contribution in [2.24, 2.45) is 5.92 Å².